The normalized spacial score (nSPS) is 21.7. The van der Waals surface area contributed by atoms with Gasteiger partial charge in [0.25, 0.3) is 0 Å². The van der Waals surface area contributed by atoms with Crippen molar-refractivity contribution in [2.45, 2.75) is 44.4 Å². The summed E-state index contributed by atoms with van der Waals surface area (Å²) in [6, 6.07) is 22.0. The number of aromatic amines is 1. The Morgan fingerprint density at radius 1 is 0.955 bits per heavy atom. The number of rotatable bonds is 3. The molecule has 4 bridgehead atoms. The maximum atomic E-state index is 13.2. The molecule has 3 atom stereocenters. The predicted octanol–water partition coefficient (Wildman–Crippen LogP) is 6.72. The first-order chi connectivity index (χ1) is 21.5. The van der Waals surface area contributed by atoms with E-state index in [0.29, 0.717) is 41.8 Å². The number of carbonyl (C=O) groups excluding carboxylic acids is 1. The minimum atomic E-state index is -0.872. The van der Waals surface area contributed by atoms with Gasteiger partial charge in [-0.1, -0.05) is 62.4 Å². The van der Waals surface area contributed by atoms with Crippen LogP contribution < -0.4 is 15.4 Å². The third-order valence-electron chi connectivity index (χ3n) is 9.20. The summed E-state index contributed by atoms with van der Waals surface area (Å²) >= 11 is 0. The Hall–Kier alpha value is -5.31. The summed E-state index contributed by atoms with van der Waals surface area (Å²) in [6.45, 7) is 4.10. The summed E-state index contributed by atoms with van der Waals surface area (Å²) in [7, 11) is 0. The van der Waals surface area contributed by atoms with E-state index in [1.807, 2.05) is 62.5 Å². The number of amides is 1. The molecule has 3 unspecified atom stereocenters. The fraction of sp³-hybridized carbons (Fsp3) is 0.229. The van der Waals surface area contributed by atoms with Gasteiger partial charge in [-0.05, 0) is 41.7 Å². The Balaban J connectivity index is 1.32. The molecule has 1 spiro atoms. The predicted molar refractivity (Wildman–Crippen MR) is 164 cm³/mol. The van der Waals surface area contributed by atoms with Gasteiger partial charge in [0.15, 0.2) is 23.4 Å². The van der Waals surface area contributed by atoms with Crippen LogP contribution in [0.2, 0.25) is 0 Å². The van der Waals surface area contributed by atoms with Crippen molar-refractivity contribution in [3.63, 3.8) is 0 Å². The van der Waals surface area contributed by atoms with E-state index in [4.69, 9.17) is 23.5 Å². The van der Waals surface area contributed by atoms with Gasteiger partial charge in [-0.3, -0.25) is 4.79 Å². The first-order valence-corrected chi connectivity index (χ1v) is 15.0. The smallest absolute Gasteiger partial charge is 0.249 e. The molecule has 3 N–H and O–H groups in total. The zero-order chi connectivity index (χ0) is 29.6. The highest BCUT2D eigenvalue weighted by molar-refractivity contribution is 5.94. The molecule has 0 saturated heterocycles. The lowest BCUT2D eigenvalue weighted by atomic mass is 9.72. The summed E-state index contributed by atoms with van der Waals surface area (Å²) in [4.78, 5) is 26.3. The molecule has 9 rings (SSSR count). The lowest BCUT2D eigenvalue weighted by molar-refractivity contribution is -0.122. The number of hydrogen-bond donors (Lipinski definition) is 3. The van der Waals surface area contributed by atoms with Crippen LogP contribution in [0.1, 0.15) is 54.7 Å². The van der Waals surface area contributed by atoms with Crippen LogP contribution in [0.5, 0.6) is 5.75 Å². The second-order valence-electron chi connectivity index (χ2n) is 12.1. The molecule has 0 fully saturated rings. The lowest BCUT2D eigenvalue weighted by Gasteiger charge is -2.27. The number of oxazole rings is 2. The van der Waals surface area contributed by atoms with Crippen molar-refractivity contribution < 1.29 is 18.4 Å². The SMILES string of the molecule is CC(C)C1NC(=O)CCc2ccc3c(c2)C2(c4ccccc4NC2O3)c2oc1nc2-c1ncc(-c2c[nH]c3ccccc23)o1. The number of benzene rings is 3. The summed E-state index contributed by atoms with van der Waals surface area (Å²) in [5.74, 6) is 2.65. The highest BCUT2D eigenvalue weighted by Gasteiger charge is 2.61. The Morgan fingerprint density at radius 3 is 2.73 bits per heavy atom. The van der Waals surface area contributed by atoms with Crippen molar-refractivity contribution in [2.24, 2.45) is 5.92 Å². The highest BCUT2D eigenvalue weighted by atomic mass is 16.5. The molecule has 1 amide bonds. The average Bonchev–Trinajstić information content (AvgIpc) is 3.84. The quantitative estimate of drug-likeness (QED) is 0.212. The highest BCUT2D eigenvalue weighted by Crippen LogP contribution is 2.59. The molecule has 0 aliphatic carbocycles. The molecule has 3 aliphatic rings. The standard InChI is InChI=1S/C35H29N5O4/c1-18(2)29-33-40-30(32-37-17-27(42-32)21-16-36-24-9-5-3-7-20(21)24)31(44-33)35-22-8-4-6-10-25(22)38-34(35)43-26-13-11-19(15-23(26)35)12-14-28(41)39-29/h3-11,13,15-18,29,34,36,38H,12,14H2,1-2H3,(H,39,41). The van der Waals surface area contributed by atoms with Crippen LogP contribution >= 0.6 is 0 Å². The van der Waals surface area contributed by atoms with Crippen LogP contribution in [0.3, 0.4) is 0 Å². The molecule has 9 nitrogen and oxygen atoms in total. The monoisotopic (exact) mass is 583 g/mol. The van der Waals surface area contributed by atoms with Crippen LogP contribution in [-0.4, -0.2) is 27.1 Å². The molecule has 0 saturated carbocycles. The first-order valence-electron chi connectivity index (χ1n) is 15.0. The minimum absolute atomic E-state index is 0.0167. The summed E-state index contributed by atoms with van der Waals surface area (Å²) in [5.41, 5.74) is 5.53. The molecular weight excluding hydrogens is 554 g/mol. The fourth-order valence-electron chi connectivity index (χ4n) is 7.06. The van der Waals surface area contributed by atoms with E-state index in [0.717, 1.165) is 44.6 Å². The van der Waals surface area contributed by atoms with Gasteiger partial charge in [0.2, 0.25) is 17.7 Å². The van der Waals surface area contributed by atoms with Crippen molar-refractivity contribution in [3.05, 3.63) is 107 Å². The largest absolute Gasteiger partial charge is 0.469 e. The van der Waals surface area contributed by atoms with E-state index in [1.54, 1.807) is 6.20 Å². The van der Waals surface area contributed by atoms with Crippen molar-refractivity contribution >= 4 is 22.5 Å². The zero-order valence-electron chi connectivity index (χ0n) is 24.2. The Labute approximate surface area is 252 Å². The summed E-state index contributed by atoms with van der Waals surface area (Å²) in [5, 5.41) is 7.83. The minimum Gasteiger partial charge on any atom is -0.469 e. The Bertz CT molecular complexity index is 2100. The number of anilines is 1. The zero-order valence-corrected chi connectivity index (χ0v) is 24.2. The van der Waals surface area contributed by atoms with E-state index in [2.05, 4.69) is 39.9 Å². The Morgan fingerprint density at radius 2 is 1.82 bits per heavy atom. The van der Waals surface area contributed by atoms with Crippen molar-refractivity contribution in [2.75, 3.05) is 5.32 Å². The number of nitrogens with zero attached hydrogens (tertiary/aromatic N) is 2. The molecule has 3 aromatic carbocycles. The van der Waals surface area contributed by atoms with E-state index in [1.165, 1.54) is 0 Å². The van der Waals surface area contributed by atoms with E-state index in [9.17, 15) is 4.79 Å². The van der Waals surface area contributed by atoms with Gasteiger partial charge in [-0.25, -0.2) is 9.97 Å². The van der Waals surface area contributed by atoms with Crippen molar-refractivity contribution in [1.29, 1.82) is 0 Å². The number of nitrogens with one attached hydrogen (secondary N) is 3. The Kier molecular flexibility index (Phi) is 5.21. The molecule has 3 aromatic heterocycles. The average molecular weight is 584 g/mol. The van der Waals surface area contributed by atoms with Gasteiger partial charge in [-0.2, -0.15) is 0 Å². The topological polar surface area (TPSA) is 118 Å². The molecule has 0 radical (unpaired) electrons. The van der Waals surface area contributed by atoms with E-state index in [-0.39, 0.29) is 11.8 Å². The number of ether oxygens (including phenoxy) is 1. The number of H-pyrrole nitrogens is 1. The molecule has 9 heteroatoms. The van der Waals surface area contributed by atoms with Crippen LogP contribution in [0.25, 0.3) is 33.8 Å². The second-order valence-corrected chi connectivity index (χ2v) is 12.1. The van der Waals surface area contributed by atoms with Crippen LogP contribution in [0.4, 0.5) is 5.69 Å². The van der Waals surface area contributed by atoms with Crippen molar-refractivity contribution in [1.82, 2.24) is 20.3 Å². The third kappa shape index (κ3) is 3.43. The molecule has 6 aromatic rings. The van der Waals surface area contributed by atoms with E-state index >= 15 is 0 Å². The fourth-order valence-corrected chi connectivity index (χ4v) is 7.06. The van der Waals surface area contributed by atoms with Gasteiger partial charge in [0.1, 0.15) is 17.2 Å². The number of carbonyl (C=O) groups is 1. The lowest BCUT2D eigenvalue weighted by Crippen LogP contribution is -2.40. The molecule has 218 valence electrons. The summed E-state index contributed by atoms with van der Waals surface area (Å²) in [6.07, 6.45) is 4.13. The maximum Gasteiger partial charge on any atom is 0.249 e. The molecule has 3 aliphatic heterocycles. The molecule has 6 heterocycles. The summed E-state index contributed by atoms with van der Waals surface area (Å²) < 4.78 is 20.0. The van der Waals surface area contributed by atoms with Gasteiger partial charge in [-0.15, -0.1) is 0 Å². The number of fused-ring (bicyclic) bond motifs is 5. The number of aryl methyl sites for hydroxylation is 1. The molecule has 44 heavy (non-hydrogen) atoms. The van der Waals surface area contributed by atoms with Gasteiger partial charge in [0.05, 0.1) is 6.20 Å². The van der Waals surface area contributed by atoms with Gasteiger partial charge >= 0.3 is 0 Å². The van der Waals surface area contributed by atoms with Crippen LogP contribution in [-0.2, 0) is 16.6 Å². The number of hydrogen-bond acceptors (Lipinski definition) is 7. The van der Waals surface area contributed by atoms with Crippen LogP contribution in [0.15, 0.2) is 88.0 Å². The van der Waals surface area contributed by atoms with Crippen LogP contribution in [0, 0.1) is 5.92 Å². The third-order valence-corrected chi connectivity index (χ3v) is 9.20. The second kappa shape index (κ2) is 9.09. The van der Waals surface area contributed by atoms with Gasteiger partial charge in [0, 0.05) is 40.3 Å². The first kappa shape index (κ1) is 25.2. The maximum absolute atomic E-state index is 13.2. The number of para-hydroxylation sites is 2. The number of aromatic nitrogens is 3. The van der Waals surface area contributed by atoms with E-state index < -0.39 is 17.7 Å². The van der Waals surface area contributed by atoms with Gasteiger partial charge < -0.3 is 29.2 Å². The van der Waals surface area contributed by atoms with Crippen molar-refractivity contribution in [3.8, 4) is 28.7 Å². The molecular formula is C35H29N5O4.